The van der Waals surface area contributed by atoms with Crippen LogP contribution in [0.1, 0.15) is 46.0 Å². The zero-order valence-electron chi connectivity index (χ0n) is 11.6. The highest BCUT2D eigenvalue weighted by molar-refractivity contribution is 4.97. The highest BCUT2D eigenvalue weighted by atomic mass is 16.5. The third-order valence-electron chi connectivity index (χ3n) is 4.72. The maximum Gasteiger partial charge on any atom is 0.0598 e. The summed E-state index contributed by atoms with van der Waals surface area (Å²) in [7, 11) is 1.83. The maximum atomic E-state index is 6.07. The summed E-state index contributed by atoms with van der Waals surface area (Å²) in [6, 6.07) is 0.598. The molecule has 1 aliphatic carbocycles. The van der Waals surface area contributed by atoms with Crippen LogP contribution in [0.2, 0.25) is 0 Å². The lowest BCUT2D eigenvalue weighted by Crippen LogP contribution is -2.58. The summed E-state index contributed by atoms with van der Waals surface area (Å²) in [6.45, 7) is 6.60. The van der Waals surface area contributed by atoms with Crippen LogP contribution in [0.3, 0.4) is 0 Å². The van der Waals surface area contributed by atoms with Crippen molar-refractivity contribution >= 4 is 0 Å². The zero-order valence-corrected chi connectivity index (χ0v) is 11.6. The molecule has 2 rings (SSSR count). The van der Waals surface area contributed by atoms with Crippen LogP contribution in [-0.4, -0.2) is 42.8 Å². The molecule has 0 aromatic heterocycles. The van der Waals surface area contributed by atoms with Gasteiger partial charge in [-0.2, -0.15) is 0 Å². The van der Waals surface area contributed by atoms with E-state index >= 15 is 0 Å². The predicted octanol–water partition coefficient (Wildman–Crippen LogP) is 2.00. The number of hydrogen-bond acceptors (Lipinski definition) is 3. The van der Waals surface area contributed by atoms with Crippen molar-refractivity contribution in [3.8, 4) is 0 Å². The minimum atomic E-state index is 0.208. The van der Waals surface area contributed by atoms with Crippen molar-refractivity contribution in [2.45, 2.75) is 63.6 Å². The largest absolute Gasteiger partial charge is 0.381 e. The molecular weight excluding hydrogens is 212 g/mol. The second-order valence-electron chi connectivity index (χ2n) is 6.27. The summed E-state index contributed by atoms with van der Waals surface area (Å²) in [5, 5.41) is 0. The quantitative estimate of drug-likeness (QED) is 0.799. The van der Waals surface area contributed by atoms with E-state index < -0.39 is 0 Å². The lowest BCUT2D eigenvalue weighted by molar-refractivity contribution is -0.0320. The van der Waals surface area contributed by atoms with Crippen LogP contribution in [0.15, 0.2) is 0 Å². The van der Waals surface area contributed by atoms with E-state index in [2.05, 4.69) is 18.7 Å². The highest BCUT2D eigenvalue weighted by Crippen LogP contribution is 2.40. The van der Waals surface area contributed by atoms with E-state index in [-0.39, 0.29) is 5.54 Å². The van der Waals surface area contributed by atoms with E-state index in [1.54, 1.807) is 0 Å². The molecule has 0 spiro atoms. The molecule has 1 saturated carbocycles. The first-order chi connectivity index (χ1) is 8.09. The average Bonchev–Trinajstić information content (AvgIpc) is 3.12. The van der Waals surface area contributed by atoms with E-state index in [0.717, 1.165) is 31.8 Å². The lowest BCUT2D eigenvalue weighted by Gasteiger charge is -2.48. The highest BCUT2D eigenvalue weighted by Gasteiger charge is 2.40. The summed E-state index contributed by atoms with van der Waals surface area (Å²) >= 11 is 0. The average molecular weight is 240 g/mol. The molecule has 100 valence electrons. The van der Waals surface area contributed by atoms with Gasteiger partial charge in [-0.1, -0.05) is 12.8 Å². The fourth-order valence-corrected chi connectivity index (χ4v) is 3.41. The van der Waals surface area contributed by atoms with E-state index in [4.69, 9.17) is 10.5 Å². The maximum absolute atomic E-state index is 6.07. The zero-order chi connectivity index (χ0) is 12.5. The van der Waals surface area contributed by atoms with Crippen molar-refractivity contribution < 1.29 is 4.74 Å². The number of hydrogen-bond donors (Lipinski definition) is 1. The Kier molecular flexibility index (Phi) is 4.11. The van der Waals surface area contributed by atoms with Gasteiger partial charge in [-0.25, -0.2) is 0 Å². The van der Waals surface area contributed by atoms with Crippen LogP contribution in [0.5, 0.6) is 0 Å². The molecule has 0 radical (unpaired) electrons. The molecule has 1 heterocycles. The van der Waals surface area contributed by atoms with Crippen LogP contribution in [0, 0.1) is 5.92 Å². The third-order valence-corrected chi connectivity index (χ3v) is 4.72. The van der Waals surface area contributed by atoms with Crippen molar-refractivity contribution in [1.82, 2.24) is 4.90 Å². The Hall–Kier alpha value is -0.120. The van der Waals surface area contributed by atoms with Crippen LogP contribution in [0.4, 0.5) is 0 Å². The molecule has 1 aliphatic heterocycles. The molecule has 2 aliphatic rings. The minimum Gasteiger partial charge on any atom is -0.381 e. The molecule has 0 aromatic rings. The van der Waals surface area contributed by atoms with E-state index in [9.17, 15) is 0 Å². The van der Waals surface area contributed by atoms with Crippen molar-refractivity contribution in [3.63, 3.8) is 0 Å². The monoisotopic (exact) mass is 240 g/mol. The van der Waals surface area contributed by atoms with Gasteiger partial charge in [0.2, 0.25) is 0 Å². The number of methoxy groups -OCH3 is 1. The van der Waals surface area contributed by atoms with E-state index in [0.29, 0.717) is 12.1 Å². The second-order valence-corrected chi connectivity index (χ2v) is 6.27. The van der Waals surface area contributed by atoms with Gasteiger partial charge in [-0.3, -0.25) is 4.90 Å². The number of likely N-dealkylation sites (tertiary alicyclic amines) is 1. The minimum absolute atomic E-state index is 0.208. The Balaban J connectivity index is 1.98. The first-order valence-corrected chi connectivity index (χ1v) is 7.08. The first-order valence-electron chi connectivity index (χ1n) is 7.08. The summed E-state index contributed by atoms with van der Waals surface area (Å²) in [6.07, 6.45) is 6.87. The molecule has 2 fully saturated rings. The smallest absolute Gasteiger partial charge is 0.0598 e. The van der Waals surface area contributed by atoms with Gasteiger partial charge in [0, 0.05) is 31.8 Å². The second kappa shape index (κ2) is 5.25. The van der Waals surface area contributed by atoms with Crippen LogP contribution >= 0.6 is 0 Å². The molecule has 0 bridgehead atoms. The predicted molar refractivity (Wildman–Crippen MR) is 71.0 cm³/mol. The number of piperidine rings is 1. The Morgan fingerprint density at radius 3 is 2.53 bits per heavy atom. The van der Waals surface area contributed by atoms with Crippen LogP contribution in [0.25, 0.3) is 0 Å². The normalized spacial score (nSPS) is 34.6. The molecule has 0 aromatic carbocycles. The molecule has 3 heteroatoms. The number of ether oxygens (including phenoxy) is 1. The molecule has 1 saturated heterocycles. The summed E-state index contributed by atoms with van der Waals surface area (Å²) in [4.78, 5) is 2.64. The summed E-state index contributed by atoms with van der Waals surface area (Å²) in [5.41, 5.74) is 6.28. The Morgan fingerprint density at radius 1 is 1.35 bits per heavy atom. The van der Waals surface area contributed by atoms with Gasteiger partial charge in [0.25, 0.3) is 0 Å². The molecule has 3 nitrogen and oxygen atoms in total. The number of nitrogens with zero attached hydrogens (tertiary/aromatic N) is 1. The van der Waals surface area contributed by atoms with Crippen LogP contribution in [-0.2, 0) is 4.74 Å². The molecule has 17 heavy (non-hydrogen) atoms. The topological polar surface area (TPSA) is 38.5 Å². The van der Waals surface area contributed by atoms with Crippen molar-refractivity contribution in [2.75, 3.05) is 20.2 Å². The van der Waals surface area contributed by atoms with Crippen LogP contribution < -0.4 is 5.73 Å². The number of rotatable bonds is 5. The molecular formula is C14H28N2O. The summed E-state index contributed by atoms with van der Waals surface area (Å²) in [5.74, 6) is 0.941. The summed E-state index contributed by atoms with van der Waals surface area (Å²) < 4.78 is 5.49. The SMILES string of the molecule is COC1CCN(C(C)(CN)CC2CC2)C(C)C1. The Morgan fingerprint density at radius 2 is 2.06 bits per heavy atom. The third kappa shape index (κ3) is 3.01. The molecule has 3 unspecified atom stereocenters. The Labute approximate surface area is 106 Å². The Bertz CT molecular complexity index is 255. The molecule has 0 amide bonds. The van der Waals surface area contributed by atoms with Crippen molar-refractivity contribution in [2.24, 2.45) is 11.7 Å². The first kappa shape index (κ1) is 13.3. The van der Waals surface area contributed by atoms with Gasteiger partial charge in [-0.05, 0) is 39.0 Å². The van der Waals surface area contributed by atoms with Gasteiger partial charge in [0.05, 0.1) is 6.10 Å². The van der Waals surface area contributed by atoms with Crippen molar-refractivity contribution in [3.05, 3.63) is 0 Å². The molecule has 3 atom stereocenters. The lowest BCUT2D eigenvalue weighted by atomic mass is 9.87. The van der Waals surface area contributed by atoms with Gasteiger partial charge in [0.1, 0.15) is 0 Å². The van der Waals surface area contributed by atoms with Gasteiger partial charge in [0.15, 0.2) is 0 Å². The van der Waals surface area contributed by atoms with Gasteiger partial charge >= 0.3 is 0 Å². The molecule has 2 N–H and O–H groups in total. The fourth-order valence-electron chi connectivity index (χ4n) is 3.41. The standard InChI is InChI=1S/C14H28N2O/c1-11-8-13(17-3)6-7-16(11)14(2,10-15)9-12-4-5-12/h11-13H,4-10,15H2,1-3H3. The van der Waals surface area contributed by atoms with Gasteiger partial charge in [-0.15, -0.1) is 0 Å². The number of nitrogens with two attached hydrogens (primary N) is 1. The van der Waals surface area contributed by atoms with Crippen molar-refractivity contribution in [1.29, 1.82) is 0 Å². The van der Waals surface area contributed by atoms with E-state index in [1.807, 2.05) is 7.11 Å². The van der Waals surface area contributed by atoms with E-state index in [1.165, 1.54) is 19.3 Å². The fraction of sp³-hybridized carbons (Fsp3) is 1.00. The van der Waals surface area contributed by atoms with Gasteiger partial charge < -0.3 is 10.5 Å².